The maximum atomic E-state index is 9.55. The molecule has 1 aliphatic rings. The monoisotopic (exact) mass is 326 g/mol. The van der Waals surface area contributed by atoms with Crippen LogP contribution in [-0.4, -0.2) is 41.3 Å². The summed E-state index contributed by atoms with van der Waals surface area (Å²) in [5, 5.41) is 16.4. The predicted octanol–water partition coefficient (Wildman–Crippen LogP) is 1.76. The van der Waals surface area contributed by atoms with Gasteiger partial charge in [0.05, 0.1) is 0 Å². The van der Waals surface area contributed by atoms with Gasteiger partial charge in [-0.1, -0.05) is 17.7 Å². The first-order valence-electron chi connectivity index (χ1n) is 6.72. The summed E-state index contributed by atoms with van der Waals surface area (Å²) in [6.45, 7) is 4.01. The van der Waals surface area contributed by atoms with Gasteiger partial charge in [-0.15, -0.1) is 0 Å². The summed E-state index contributed by atoms with van der Waals surface area (Å²) >= 11 is 5.97. The number of fused-ring (bicyclic) bond motifs is 1. The Morgan fingerprint density at radius 3 is 2.45 bits per heavy atom. The Hall–Kier alpha value is -2.05. The van der Waals surface area contributed by atoms with Crippen LogP contribution in [0, 0.1) is 0 Å². The van der Waals surface area contributed by atoms with Crippen LogP contribution in [-0.2, 0) is 16.0 Å². The molecule has 0 spiro atoms. The van der Waals surface area contributed by atoms with Crippen molar-refractivity contribution in [3.05, 3.63) is 40.9 Å². The van der Waals surface area contributed by atoms with Crippen LogP contribution in [0.15, 0.2) is 30.4 Å². The summed E-state index contributed by atoms with van der Waals surface area (Å²) in [6, 6.07) is 6.31. The number of nitrogens with two attached hydrogens (primary N) is 1. The fourth-order valence-electron chi connectivity index (χ4n) is 2.10. The molecule has 4 N–H and O–H groups in total. The third kappa shape index (κ3) is 6.15. The van der Waals surface area contributed by atoms with Gasteiger partial charge < -0.3 is 20.8 Å². The van der Waals surface area contributed by atoms with Crippen LogP contribution in [0.5, 0.6) is 0 Å². The number of benzene rings is 1. The van der Waals surface area contributed by atoms with E-state index in [2.05, 4.69) is 11.0 Å². The Morgan fingerprint density at radius 1 is 1.36 bits per heavy atom. The topological polar surface area (TPSA) is 104 Å². The normalized spacial score (nSPS) is 14.2. The molecular formula is C15H19ClN2O4. The van der Waals surface area contributed by atoms with Crippen molar-refractivity contribution in [2.45, 2.75) is 19.4 Å². The second kappa shape index (κ2) is 8.41. The van der Waals surface area contributed by atoms with E-state index in [1.165, 1.54) is 11.3 Å². The Labute approximate surface area is 133 Å². The van der Waals surface area contributed by atoms with Gasteiger partial charge >= 0.3 is 11.9 Å². The molecule has 0 radical (unpaired) electrons. The van der Waals surface area contributed by atoms with Crippen LogP contribution in [0.3, 0.4) is 0 Å². The van der Waals surface area contributed by atoms with Crippen molar-refractivity contribution < 1.29 is 19.8 Å². The van der Waals surface area contributed by atoms with Gasteiger partial charge in [-0.3, -0.25) is 0 Å². The highest BCUT2D eigenvalue weighted by Crippen LogP contribution is 2.30. The van der Waals surface area contributed by atoms with Gasteiger partial charge in [0.25, 0.3) is 0 Å². The number of rotatable bonds is 4. The number of hydrogen-bond donors (Lipinski definition) is 3. The van der Waals surface area contributed by atoms with Gasteiger partial charge in [-0.05, 0) is 31.0 Å². The number of anilines is 1. The van der Waals surface area contributed by atoms with Gasteiger partial charge in [0.1, 0.15) is 0 Å². The van der Waals surface area contributed by atoms with E-state index in [0.717, 1.165) is 24.5 Å². The molecule has 0 amide bonds. The molecule has 1 aromatic rings. The quantitative estimate of drug-likeness (QED) is 0.728. The van der Waals surface area contributed by atoms with E-state index in [9.17, 15) is 9.59 Å². The molecule has 2 rings (SSSR count). The van der Waals surface area contributed by atoms with Crippen molar-refractivity contribution in [1.29, 1.82) is 0 Å². The lowest BCUT2D eigenvalue weighted by Gasteiger charge is -2.21. The summed E-state index contributed by atoms with van der Waals surface area (Å²) in [7, 11) is 0. The van der Waals surface area contributed by atoms with Gasteiger partial charge in [0.15, 0.2) is 0 Å². The predicted molar refractivity (Wildman–Crippen MR) is 85.4 cm³/mol. The molecule has 22 heavy (non-hydrogen) atoms. The van der Waals surface area contributed by atoms with E-state index in [-0.39, 0.29) is 6.04 Å². The van der Waals surface area contributed by atoms with Gasteiger partial charge in [0.2, 0.25) is 0 Å². The maximum absolute atomic E-state index is 9.55. The number of carboxylic acid groups (broad SMARTS) is 2. The first kappa shape index (κ1) is 18.0. The molecule has 0 aromatic heterocycles. The molecule has 7 heteroatoms. The zero-order valence-electron chi connectivity index (χ0n) is 12.2. The minimum absolute atomic E-state index is 0.208. The zero-order valence-corrected chi connectivity index (χ0v) is 13.0. The number of halogens is 1. The van der Waals surface area contributed by atoms with Crippen molar-refractivity contribution in [3.63, 3.8) is 0 Å². The molecule has 0 saturated heterocycles. The molecule has 0 saturated carbocycles. The minimum Gasteiger partial charge on any atom is -0.478 e. The van der Waals surface area contributed by atoms with Crippen LogP contribution in [0.2, 0.25) is 5.02 Å². The van der Waals surface area contributed by atoms with Crippen LogP contribution in [0.1, 0.15) is 12.5 Å². The lowest BCUT2D eigenvalue weighted by molar-refractivity contribution is -0.134. The number of carbonyl (C=O) groups is 2. The maximum Gasteiger partial charge on any atom is 0.328 e. The first-order chi connectivity index (χ1) is 10.3. The molecule has 0 fully saturated rings. The van der Waals surface area contributed by atoms with Crippen molar-refractivity contribution in [3.8, 4) is 0 Å². The number of aliphatic carboxylic acids is 2. The third-order valence-electron chi connectivity index (χ3n) is 2.92. The highest BCUT2D eigenvalue weighted by atomic mass is 35.5. The SMILES string of the molecule is C[C@H](N)CN1CCc2ccc(Cl)cc21.O=C(O)C=CC(=O)O. The molecule has 0 aliphatic carbocycles. The van der Waals surface area contributed by atoms with Gasteiger partial charge in [-0.2, -0.15) is 0 Å². The van der Waals surface area contributed by atoms with E-state index in [1.54, 1.807) is 0 Å². The highest BCUT2D eigenvalue weighted by Gasteiger charge is 2.19. The molecule has 120 valence electrons. The van der Waals surface area contributed by atoms with E-state index in [0.29, 0.717) is 12.2 Å². The van der Waals surface area contributed by atoms with Gasteiger partial charge in [-0.25, -0.2) is 9.59 Å². The van der Waals surface area contributed by atoms with Crippen LogP contribution in [0.25, 0.3) is 0 Å². The van der Waals surface area contributed by atoms with E-state index >= 15 is 0 Å². The van der Waals surface area contributed by atoms with E-state index in [4.69, 9.17) is 27.5 Å². The largest absolute Gasteiger partial charge is 0.478 e. The average molecular weight is 327 g/mol. The molecular weight excluding hydrogens is 308 g/mol. The van der Waals surface area contributed by atoms with Crippen molar-refractivity contribution in [2.75, 3.05) is 18.0 Å². The molecule has 1 heterocycles. The fourth-order valence-corrected chi connectivity index (χ4v) is 2.26. The molecule has 1 aromatic carbocycles. The number of hydrogen-bond acceptors (Lipinski definition) is 4. The van der Waals surface area contributed by atoms with Crippen molar-refractivity contribution >= 4 is 29.2 Å². The zero-order chi connectivity index (χ0) is 16.7. The third-order valence-corrected chi connectivity index (χ3v) is 3.15. The molecule has 0 unspecified atom stereocenters. The van der Waals surface area contributed by atoms with Crippen molar-refractivity contribution in [2.24, 2.45) is 5.73 Å². The summed E-state index contributed by atoms with van der Waals surface area (Å²) in [5.41, 5.74) is 8.44. The standard InChI is InChI=1S/C11H15ClN2.C4H4O4/c1-8(13)7-14-5-4-9-2-3-10(12)6-11(9)14;5-3(6)1-2-4(7)8/h2-3,6,8H,4-5,7,13H2,1H3;1-2H,(H,5,6)(H,7,8)/t8-;/m0./s1. The van der Waals surface area contributed by atoms with E-state index in [1.807, 2.05) is 19.1 Å². The lowest BCUT2D eigenvalue weighted by Crippen LogP contribution is -2.34. The highest BCUT2D eigenvalue weighted by molar-refractivity contribution is 6.30. The van der Waals surface area contributed by atoms with Crippen LogP contribution in [0.4, 0.5) is 5.69 Å². The second-order valence-corrected chi connectivity index (χ2v) is 5.39. The Morgan fingerprint density at radius 2 is 1.95 bits per heavy atom. The molecule has 1 atom stereocenters. The first-order valence-corrected chi connectivity index (χ1v) is 7.10. The average Bonchev–Trinajstić information content (AvgIpc) is 2.79. The van der Waals surface area contributed by atoms with Gasteiger partial charge in [0, 0.05) is 42.0 Å². The lowest BCUT2D eigenvalue weighted by atomic mass is 10.2. The summed E-state index contributed by atoms with van der Waals surface area (Å²) in [6.07, 6.45) is 2.23. The van der Waals surface area contributed by atoms with Crippen LogP contribution >= 0.6 is 11.6 Å². The van der Waals surface area contributed by atoms with E-state index < -0.39 is 11.9 Å². The summed E-state index contributed by atoms with van der Waals surface area (Å²) in [4.78, 5) is 21.4. The smallest absolute Gasteiger partial charge is 0.328 e. The van der Waals surface area contributed by atoms with Crippen molar-refractivity contribution in [1.82, 2.24) is 0 Å². The fraction of sp³-hybridized carbons (Fsp3) is 0.333. The Balaban J connectivity index is 0.000000261. The number of carboxylic acids is 2. The Kier molecular flexibility index (Phi) is 6.88. The number of nitrogens with zero attached hydrogens (tertiary/aromatic N) is 1. The molecule has 0 bridgehead atoms. The summed E-state index contributed by atoms with van der Waals surface area (Å²) < 4.78 is 0. The molecule has 1 aliphatic heterocycles. The Bertz CT molecular complexity index is 557. The summed E-state index contributed by atoms with van der Waals surface area (Å²) in [5.74, 6) is -2.51. The minimum atomic E-state index is -1.26. The molecule has 6 nitrogen and oxygen atoms in total. The van der Waals surface area contributed by atoms with Crippen LogP contribution < -0.4 is 10.6 Å². The second-order valence-electron chi connectivity index (χ2n) is 4.96.